The minimum atomic E-state index is -0.456. The number of hydrogen-bond donors (Lipinski definition) is 1. The van der Waals surface area contributed by atoms with Crippen molar-refractivity contribution in [1.82, 2.24) is 4.90 Å². The maximum Gasteiger partial charge on any atom is 0.235 e. The number of piperidine rings is 1. The Kier molecular flexibility index (Phi) is 5.50. The summed E-state index contributed by atoms with van der Waals surface area (Å²) in [4.78, 5) is 15.5. The first-order valence-electron chi connectivity index (χ1n) is 10.5. The summed E-state index contributed by atoms with van der Waals surface area (Å²) < 4.78 is 11.6. The van der Waals surface area contributed by atoms with E-state index in [0.717, 1.165) is 49.5 Å². The number of likely N-dealkylation sites (tertiary alicyclic amines) is 1. The van der Waals surface area contributed by atoms with Crippen molar-refractivity contribution in [2.75, 3.05) is 32.1 Å². The van der Waals surface area contributed by atoms with E-state index in [-0.39, 0.29) is 5.91 Å². The number of carbonyl (C=O) groups is 1. The van der Waals surface area contributed by atoms with Gasteiger partial charge >= 0.3 is 0 Å². The van der Waals surface area contributed by atoms with Crippen LogP contribution >= 0.6 is 0 Å². The molecule has 2 aliphatic rings. The second-order valence-corrected chi connectivity index (χ2v) is 8.52. The summed E-state index contributed by atoms with van der Waals surface area (Å²) in [7, 11) is 1.64. The number of rotatable bonds is 6. The molecule has 2 aromatic carbocycles. The Morgan fingerprint density at radius 2 is 1.83 bits per heavy atom. The Balaban J connectivity index is 1.58. The number of para-hydroxylation sites is 1. The van der Waals surface area contributed by atoms with Crippen molar-refractivity contribution in [2.24, 2.45) is 5.92 Å². The summed E-state index contributed by atoms with van der Waals surface area (Å²) in [6.45, 7) is 7.52. The number of hydrogen-bond acceptors (Lipinski definition) is 4. The second kappa shape index (κ2) is 8.07. The van der Waals surface area contributed by atoms with Crippen LogP contribution in [0.15, 0.2) is 42.5 Å². The van der Waals surface area contributed by atoms with E-state index in [9.17, 15) is 4.79 Å². The fourth-order valence-corrected chi connectivity index (χ4v) is 4.37. The average Bonchev–Trinajstić information content (AvgIpc) is 2.98. The summed E-state index contributed by atoms with van der Waals surface area (Å²) in [6.07, 6.45) is 2.88. The highest BCUT2D eigenvalue weighted by Gasteiger charge is 2.49. The number of methoxy groups -OCH3 is 1. The van der Waals surface area contributed by atoms with Gasteiger partial charge in [0.2, 0.25) is 5.91 Å². The molecule has 1 amide bonds. The molecule has 5 heteroatoms. The van der Waals surface area contributed by atoms with E-state index in [2.05, 4.69) is 24.1 Å². The standard InChI is InChI=1S/C24H30N2O3/c1-17(2)9-12-26-13-10-24(11-14-26)19-15-21(28-3)22(16-20(19)25-23(24)27)29-18-7-5-4-6-8-18/h4-8,15-17H,9-14H2,1-3H3,(H,25,27). The van der Waals surface area contributed by atoms with Crippen molar-refractivity contribution in [3.05, 3.63) is 48.0 Å². The molecule has 1 N–H and O–H groups in total. The zero-order chi connectivity index (χ0) is 20.4. The Bertz CT molecular complexity index is 871. The molecule has 2 aliphatic heterocycles. The molecule has 1 saturated heterocycles. The number of anilines is 1. The number of carbonyl (C=O) groups excluding carboxylic acids is 1. The SMILES string of the molecule is COc1cc2c(cc1Oc1ccccc1)NC(=O)C21CCN(CCC(C)C)CC1. The molecule has 0 aliphatic carbocycles. The molecule has 2 aromatic rings. The van der Waals surface area contributed by atoms with Crippen LogP contribution < -0.4 is 14.8 Å². The zero-order valence-electron chi connectivity index (χ0n) is 17.5. The van der Waals surface area contributed by atoms with Gasteiger partial charge in [0.05, 0.1) is 12.5 Å². The number of ether oxygens (including phenoxy) is 2. The van der Waals surface area contributed by atoms with Gasteiger partial charge in [0.15, 0.2) is 11.5 Å². The van der Waals surface area contributed by atoms with Gasteiger partial charge in [0.25, 0.3) is 0 Å². The molecule has 5 nitrogen and oxygen atoms in total. The van der Waals surface area contributed by atoms with Crippen molar-refractivity contribution in [1.29, 1.82) is 0 Å². The number of fused-ring (bicyclic) bond motifs is 2. The van der Waals surface area contributed by atoms with Crippen molar-refractivity contribution in [3.63, 3.8) is 0 Å². The number of nitrogens with one attached hydrogen (secondary N) is 1. The van der Waals surface area contributed by atoms with Gasteiger partial charge < -0.3 is 19.7 Å². The number of nitrogens with zero attached hydrogens (tertiary/aromatic N) is 1. The first-order valence-corrected chi connectivity index (χ1v) is 10.5. The molecule has 0 aromatic heterocycles. The summed E-state index contributed by atoms with van der Waals surface area (Å²) in [6, 6.07) is 13.5. The van der Waals surface area contributed by atoms with Gasteiger partial charge in [0, 0.05) is 11.8 Å². The van der Waals surface area contributed by atoms with Crippen molar-refractivity contribution in [2.45, 2.75) is 38.5 Å². The van der Waals surface area contributed by atoms with Crippen LogP contribution in [0.2, 0.25) is 0 Å². The first kappa shape index (κ1) is 19.8. The molecule has 154 valence electrons. The minimum Gasteiger partial charge on any atom is -0.493 e. The zero-order valence-corrected chi connectivity index (χ0v) is 17.5. The Hall–Kier alpha value is -2.53. The van der Waals surface area contributed by atoms with Crippen molar-refractivity contribution < 1.29 is 14.3 Å². The van der Waals surface area contributed by atoms with Gasteiger partial charge in [-0.1, -0.05) is 32.0 Å². The van der Waals surface area contributed by atoms with Gasteiger partial charge in [-0.15, -0.1) is 0 Å². The smallest absolute Gasteiger partial charge is 0.235 e. The van der Waals surface area contributed by atoms with Crippen LogP contribution in [0.25, 0.3) is 0 Å². The Morgan fingerprint density at radius 1 is 1.10 bits per heavy atom. The van der Waals surface area contributed by atoms with Crippen LogP contribution in [0.1, 0.15) is 38.7 Å². The normalized spacial score (nSPS) is 18.0. The predicted molar refractivity (Wildman–Crippen MR) is 115 cm³/mol. The van der Waals surface area contributed by atoms with E-state index in [1.807, 2.05) is 42.5 Å². The van der Waals surface area contributed by atoms with Gasteiger partial charge in [-0.3, -0.25) is 4.79 Å². The van der Waals surface area contributed by atoms with E-state index < -0.39 is 5.41 Å². The van der Waals surface area contributed by atoms with Crippen LogP contribution in [0, 0.1) is 5.92 Å². The lowest BCUT2D eigenvalue weighted by molar-refractivity contribution is -0.122. The number of amides is 1. The number of benzene rings is 2. The third-order valence-electron chi connectivity index (χ3n) is 6.21. The third kappa shape index (κ3) is 3.84. The average molecular weight is 395 g/mol. The molecule has 1 spiro atoms. The molecular weight excluding hydrogens is 364 g/mol. The molecule has 1 fully saturated rings. The monoisotopic (exact) mass is 394 g/mol. The van der Waals surface area contributed by atoms with Crippen molar-refractivity contribution >= 4 is 11.6 Å². The fraction of sp³-hybridized carbons (Fsp3) is 0.458. The molecule has 2 heterocycles. The molecule has 0 unspecified atom stereocenters. The lowest BCUT2D eigenvalue weighted by Crippen LogP contribution is -2.46. The van der Waals surface area contributed by atoms with E-state index in [4.69, 9.17) is 9.47 Å². The van der Waals surface area contributed by atoms with Gasteiger partial charge in [-0.2, -0.15) is 0 Å². The molecule has 0 atom stereocenters. The molecule has 29 heavy (non-hydrogen) atoms. The van der Waals surface area contributed by atoms with Crippen LogP contribution in [0.5, 0.6) is 17.2 Å². The van der Waals surface area contributed by atoms with Crippen LogP contribution in [0.3, 0.4) is 0 Å². The summed E-state index contributed by atoms with van der Waals surface area (Å²) >= 11 is 0. The maximum absolute atomic E-state index is 13.0. The fourth-order valence-electron chi connectivity index (χ4n) is 4.37. The summed E-state index contributed by atoms with van der Waals surface area (Å²) in [5.74, 6) is 2.82. The van der Waals surface area contributed by atoms with Gasteiger partial charge in [-0.05, 0) is 68.6 Å². The largest absolute Gasteiger partial charge is 0.493 e. The summed E-state index contributed by atoms with van der Waals surface area (Å²) in [5, 5.41) is 3.11. The molecule has 0 saturated carbocycles. The summed E-state index contributed by atoms with van der Waals surface area (Å²) in [5.41, 5.74) is 1.43. The maximum atomic E-state index is 13.0. The quantitative estimate of drug-likeness (QED) is 0.763. The van der Waals surface area contributed by atoms with Gasteiger partial charge in [0.1, 0.15) is 5.75 Å². The molecular formula is C24H30N2O3. The van der Waals surface area contributed by atoms with E-state index >= 15 is 0 Å². The van der Waals surface area contributed by atoms with E-state index in [0.29, 0.717) is 17.4 Å². The third-order valence-corrected chi connectivity index (χ3v) is 6.21. The minimum absolute atomic E-state index is 0.106. The van der Waals surface area contributed by atoms with Gasteiger partial charge in [-0.25, -0.2) is 0 Å². The molecule has 0 bridgehead atoms. The topological polar surface area (TPSA) is 50.8 Å². The van der Waals surface area contributed by atoms with Crippen LogP contribution in [0.4, 0.5) is 5.69 Å². The lowest BCUT2D eigenvalue weighted by Gasteiger charge is -2.38. The van der Waals surface area contributed by atoms with Crippen LogP contribution in [-0.2, 0) is 10.2 Å². The Morgan fingerprint density at radius 3 is 2.48 bits per heavy atom. The van der Waals surface area contributed by atoms with E-state index in [1.54, 1.807) is 7.11 Å². The molecule has 0 radical (unpaired) electrons. The van der Waals surface area contributed by atoms with Crippen molar-refractivity contribution in [3.8, 4) is 17.2 Å². The highest BCUT2D eigenvalue weighted by atomic mass is 16.5. The van der Waals surface area contributed by atoms with E-state index in [1.165, 1.54) is 6.42 Å². The Labute approximate surface area is 173 Å². The highest BCUT2D eigenvalue weighted by molar-refractivity contribution is 6.06. The lowest BCUT2D eigenvalue weighted by atomic mass is 9.73. The molecule has 4 rings (SSSR count). The predicted octanol–water partition coefficient (Wildman–Crippen LogP) is 4.82. The highest BCUT2D eigenvalue weighted by Crippen LogP contribution is 2.49. The first-order chi connectivity index (χ1) is 14.0. The van der Waals surface area contributed by atoms with Crippen LogP contribution in [-0.4, -0.2) is 37.6 Å². The second-order valence-electron chi connectivity index (χ2n) is 8.52.